The summed E-state index contributed by atoms with van der Waals surface area (Å²) >= 11 is 0. The monoisotopic (exact) mass is 298 g/mol. The van der Waals surface area contributed by atoms with Crippen LogP contribution in [-0.4, -0.2) is 48.1 Å². The van der Waals surface area contributed by atoms with E-state index in [4.69, 9.17) is 5.11 Å². The van der Waals surface area contributed by atoms with E-state index in [1.54, 1.807) is 0 Å². The van der Waals surface area contributed by atoms with Gasteiger partial charge in [0.2, 0.25) is 11.8 Å². The number of hydrogen-bond donors (Lipinski definition) is 2. The first-order valence-corrected chi connectivity index (χ1v) is 7.90. The van der Waals surface area contributed by atoms with Gasteiger partial charge in [-0.3, -0.25) is 9.59 Å². The van der Waals surface area contributed by atoms with Crippen molar-refractivity contribution in [1.29, 1.82) is 0 Å². The molecule has 2 N–H and O–H groups in total. The Morgan fingerprint density at radius 3 is 2.24 bits per heavy atom. The topological polar surface area (TPSA) is 69.6 Å². The number of rotatable bonds is 5. The van der Waals surface area contributed by atoms with Crippen LogP contribution in [0.2, 0.25) is 0 Å². The van der Waals surface area contributed by atoms with Crippen LogP contribution in [0.15, 0.2) is 0 Å². The SMILES string of the molecule is CN(C(=O)CCNC(=O)C(C)(C)C)C1CCC(CO)CC1. The van der Waals surface area contributed by atoms with Crippen molar-refractivity contribution in [3.05, 3.63) is 0 Å². The van der Waals surface area contributed by atoms with Crippen LogP contribution < -0.4 is 5.32 Å². The summed E-state index contributed by atoms with van der Waals surface area (Å²) < 4.78 is 0. The molecule has 5 heteroatoms. The minimum Gasteiger partial charge on any atom is -0.396 e. The number of carbonyl (C=O) groups is 2. The number of nitrogens with one attached hydrogen (secondary N) is 1. The Hall–Kier alpha value is -1.10. The summed E-state index contributed by atoms with van der Waals surface area (Å²) in [6.07, 6.45) is 4.24. The Balaban J connectivity index is 2.30. The Morgan fingerprint density at radius 1 is 1.19 bits per heavy atom. The molecule has 0 aromatic carbocycles. The van der Waals surface area contributed by atoms with Crippen LogP contribution in [-0.2, 0) is 9.59 Å². The number of nitrogens with zero attached hydrogens (tertiary/aromatic N) is 1. The Kier molecular flexibility index (Phi) is 6.65. The molecular weight excluding hydrogens is 268 g/mol. The van der Waals surface area contributed by atoms with Crippen LogP contribution in [0, 0.1) is 11.3 Å². The lowest BCUT2D eigenvalue weighted by Crippen LogP contribution is -2.42. The molecule has 0 aromatic heterocycles. The molecule has 0 aromatic rings. The summed E-state index contributed by atoms with van der Waals surface area (Å²) in [6.45, 7) is 6.22. The quantitative estimate of drug-likeness (QED) is 0.809. The van der Waals surface area contributed by atoms with E-state index >= 15 is 0 Å². The molecule has 0 unspecified atom stereocenters. The highest BCUT2D eigenvalue weighted by molar-refractivity contribution is 5.82. The highest BCUT2D eigenvalue weighted by Gasteiger charge is 2.26. The highest BCUT2D eigenvalue weighted by atomic mass is 16.3. The lowest BCUT2D eigenvalue weighted by molar-refractivity contribution is -0.133. The van der Waals surface area contributed by atoms with Gasteiger partial charge in [0.15, 0.2) is 0 Å². The van der Waals surface area contributed by atoms with Gasteiger partial charge in [0.25, 0.3) is 0 Å². The fraction of sp³-hybridized carbons (Fsp3) is 0.875. The van der Waals surface area contributed by atoms with Gasteiger partial charge >= 0.3 is 0 Å². The van der Waals surface area contributed by atoms with Crippen LogP contribution in [0.5, 0.6) is 0 Å². The van der Waals surface area contributed by atoms with E-state index in [1.807, 2.05) is 32.7 Å². The van der Waals surface area contributed by atoms with Gasteiger partial charge in [0, 0.05) is 38.1 Å². The molecule has 1 fully saturated rings. The predicted molar refractivity (Wildman–Crippen MR) is 82.7 cm³/mol. The number of aliphatic hydroxyl groups excluding tert-OH is 1. The molecule has 1 aliphatic carbocycles. The molecule has 5 nitrogen and oxygen atoms in total. The van der Waals surface area contributed by atoms with Crippen LogP contribution in [0.4, 0.5) is 0 Å². The van der Waals surface area contributed by atoms with E-state index in [-0.39, 0.29) is 24.5 Å². The summed E-state index contributed by atoms with van der Waals surface area (Å²) in [5.41, 5.74) is -0.419. The van der Waals surface area contributed by atoms with Crippen molar-refractivity contribution in [2.75, 3.05) is 20.2 Å². The largest absolute Gasteiger partial charge is 0.396 e. The third-order valence-electron chi connectivity index (χ3n) is 4.32. The summed E-state index contributed by atoms with van der Waals surface area (Å²) in [5.74, 6) is 0.453. The zero-order valence-electron chi connectivity index (χ0n) is 13.8. The lowest BCUT2D eigenvalue weighted by atomic mass is 9.86. The first-order valence-electron chi connectivity index (χ1n) is 7.90. The van der Waals surface area contributed by atoms with Crippen molar-refractivity contribution in [3.63, 3.8) is 0 Å². The third kappa shape index (κ3) is 5.65. The van der Waals surface area contributed by atoms with E-state index in [1.165, 1.54) is 0 Å². The second-order valence-electron chi connectivity index (χ2n) is 7.12. The van der Waals surface area contributed by atoms with E-state index in [9.17, 15) is 9.59 Å². The summed E-state index contributed by atoms with van der Waals surface area (Å²) in [7, 11) is 1.85. The van der Waals surface area contributed by atoms with Gasteiger partial charge in [-0.2, -0.15) is 0 Å². The average molecular weight is 298 g/mol. The van der Waals surface area contributed by atoms with Gasteiger partial charge in [-0.05, 0) is 31.6 Å². The number of amides is 2. The van der Waals surface area contributed by atoms with Crippen molar-refractivity contribution >= 4 is 11.8 Å². The van der Waals surface area contributed by atoms with Crippen molar-refractivity contribution in [3.8, 4) is 0 Å². The normalized spacial score (nSPS) is 22.7. The van der Waals surface area contributed by atoms with Gasteiger partial charge in [-0.1, -0.05) is 20.8 Å². The molecule has 122 valence electrons. The molecule has 0 spiro atoms. The predicted octanol–water partition coefficient (Wildman–Crippen LogP) is 1.55. The molecule has 0 aliphatic heterocycles. The van der Waals surface area contributed by atoms with E-state index in [0.29, 0.717) is 18.9 Å². The number of aliphatic hydroxyl groups is 1. The van der Waals surface area contributed by atoms with Gasteiger partial charge in [-0.15, -0.1) is 0 Å². The summed E-state index contributed by atoms with van der Waals surface area (Å²) in [5, 5.41) is 11.9. The second-order valence-corrected chi connectivity index (χ2v) is 7.12. The van der Waals surface area contributed by atoms with E-state index in [0.717, 1.165) is 25.7 Å². The van der Waals surface area contributed by atoms with Crippen LogP contribution in [0.1, 0.15) is 52.9 Å². The van der Waals surface area contributed by atoms with Gasteiger partial charge in [-0.25, -0.2) is 0 Å². The molecule has 1 saturated carbocycles. The average Bonchev–Trinajstić information content (AvgIpc) is 2.45. The summed E-state index contributed by atoms with van der Waals surface area (Å²) in [4.78, 5) is 25.7. The zero-order chi connectivity index (χ0) is 16.0. The van der Waals surface area contributed by atoms with Gasteiger partial charge in [0.05, 0.1) is 0 Å². The van der Waals surface area contributed by atoms with Crippen molar-refractivity contribution < 1.29 is 14.7 Å². The first kappa shape index (κ1) is 18.0. The Bertz CT molecular complexity index is 355. The zero-order valence-corrected chi connectivity index (χ0v) is 13.8. The Labute approximate surface area is 128 Å². The van der Waals surface area contributed by atoms with Gasteiger partial charge < -0.3 is 15.3 Å². The van der Waals surface area contributed by atoms with Gasteiger partial charge in [0.1, 0.15) is 0 Å². The Morgan fingerprint density at radius 2 is 1.76 bits per heavy atom. The van der Waals surface area contributed by atoms with Crippen molar-refractivity contribution in [1.82, 2.24) is 10.2 Å². The fourth-order valence-corrected chi connectivity index (χ4v) is 2.64. The van der Waals surface area contributed by atoms with Crippen LogP contribution in [0.25, 0.3) is 0 Å². The highest BCUT2D eigenvalue weighted by Crippen LogP contribution is 2.26. The molecule has 0 radical (unpaired) electrons. The maximum atomic E-state index is 12.1. The fourth-order valence-electron chi connectivity index (χ4n) is 2.64. The molecule has 0 atom stereocenters. The molecule has 0 heterocycles. The van der Waals surface area contributed by atoms with E-state index in [2.05, 4.69) is 5.32 Å². The molecule has 1 rings (SSSR count). The number of hydrogen-bond acceptors (Lipinski definition) is 3. The molecule has 21 heavy (non-hydrogen) atoms. The minimum absolute atomic E-state index is 0.0265. The smallest absolute Gasteiger partial charge is 0.225 e. The third-order valence-corrected chi connectivity index (χ3v) is 4.32. The maximum absolute atomic E-state index is 12.1. The molecule has 0 bridgehead atoms. The standard InChI is InChI=1S/C16H30N2O3/c1-16(2,3)15(21)17-10-9-14(20)18(4)13-7-5-12(11-19)6-8-13/h12-13,19H,5-11H2,1-4H3,(H,17,21). The molecule has 2 amide bonds. The van der Waals surface area contributed by atoms with Crippen molar-refractivity contribution in [2.24, 2.45) is 11.3 Å². The molecule has 0 saturated heterocycles. The molecule has 1 aliphatic rings. The lowest BCUT2D eigenvalue weighted by Gasteiger charge is -2.34. The summed E-state index contributed by atoms with van der Waals surface area (Å²) in [6, 6.07) is 0.276. The number of carbonyl (C=O) groups excluding carboxylic acids is 2. The molecular formula is C16H30N2O3. The first-order chi connectivity index (χ1) is 9.75. The van der Waals surface area contributed by atoms with Crippen molar-refractivity contribution in [2.45, 2.75) is 58.9 Å². The van der Waals surface area contributed by atoms with Crippen LogP contribution in [0.3, 0.4) is 0 Å². The van der Waals surface area contributed by atoms with E-state index < -0.39 is 5.41 Å². The van der Waals surface area contributed by atoms with Crippen LogP contribution >= 0.6 is 0 Å². The maximum Gasteiger partial charge on any atom is 0.225 e. The second kappa shape index (κ2) is 7.78. The minimum atomic E-state index is -0.419.